The van der Waals surface area contributed by atoms with Gasteiger partial charge in [0, 0.05) is 16.9 Å². The number of amides is 1. The molecule has 0 atom stereocenters. The Balaban J connectivity index is 1.62. The number of nitrogens with one attached hydrogen (secondary N) is 1. The molecule has 1 aromatic heterocycles. The maximum Gasteiger partial charge on any atom is 0.573 e. The first kappa shape index (κ1) is 21.2. The summed E-state index contributed by atoms with van der Waals surface area (Å²) in [6.07, 6.45) is -2.43. The van der Waals surface area contributed by atoms with Gasteiger partial charge in [-0.25, -0.2) is 4.79 Å². The quantitative estimate of drug-likeness (QED) is 0.519. The van der Waals surface area contributed by atoms with E-state index >= 15 is 0 Å². The van der Waals surface area contributed by atoms with Gasteiger partial charge in [-0.05, 0) is 43.5 Å². The predicted molar refractivity (Wildman–Crippen MR) is 100 cm³/mol. The number of aliphatic hydroxyl groups is 1. The summed E-state index contributed by atoms with van der Waals surface area (Å²) in [6.45, 7) is 0.0311. The highest BCUT2D eigenvalue weighted by molar-refractivity contribution is 8.00. The van der Waals surface area contributed by atoms with Crippen LogP contribution in [0.25, 0.3) is 0 Å². The maximum atomic E-state index is 12.2. The third kappa shape index (κ3) is 5.51. The highest BCUT2D eigenvalue weighted by Crippen LogP contribution is 2.29. The minimum absolute atomic E-state index is 0.0102. The molecule has 0 saturated heterocycles. The van der Waals surface area contributed by atoms with Crippen LogP contribution in [0.15, 0.2) is 34.1 Å². The van der Waals surface area contributed by atoms with Gasteiger partial charge in [-0.15, -0.1) is 13.2 Å². The van der Waals surface area contributed by atoms with Gasteiger partial charge in [-0.1, -0.05) is 11.8 Å². The van der Waals surface area contributed by atoms with Gasteiger partial charge in [0.2, 0.25) is 5.91 Å². The van der Waals surface area contributed by atoms with Crippen molar-refractivity contribution in [2.75, 3.05) is 17.7 Å². The van der Waals surface area contributed by atoms with Crippen LogP contribution in [-0.2, 0) is 24.2 Å². The van der Waals surface area contributed by atoms with Crippen molar-refractivity contribution in [1.82, 2.24) is 9.55 Å². The van der Waals surface area contributed by atoms with E-state index in [4.69, 9.17) is 5.11 Å². The van der Waals surface area contributed by atoms with Crippen molar-refractivity contribution < 1.29 is 27.8 Å². The molecule has 0 bridgehead atoms. The van der Waals surface area contributed by atoms with Crippen LogP contribution >= 0.6 is 11.8 Å². The van der Waals surface area contributed by atoms with E-state index in [2.05, 4.69) is 15.0 Å². The van der Waals surface area contributed by atoms with Crippen LogP contribution in [0.4, 0.5) is 18.9 Å². The number of nitrogens with zero attached hydrogens (tertiary/aromatic N) is 2. The summed E-state index contributed by atoms with van der Waals surface area (Å²) in [7, 11) is 0. The molecule has 3 rings (SSSR count). The summed E-state index contributed by atoms with van der Waals surface area (Å²) >= 11 is 1.13. The smallest absolute Gasteiger partial charge is 0.406 e. The van der Waals surface area contributed by atoms with Gasteiger partial charge in [0.1, 0.15) is 10.8 Å². The second-order valence-electron chi connectivity index (χ2n) is 6.26. The van der Waals surface area contributed by atoms with E-state index in [1.54, 1.807) is 0 Å². The van der Waals surface area contributed by atoms with Gasteiger partial charge in [-0.2, -0.15) is 4.98 Å². The number of thioether (sulfide) groups is 1. The SMILES string of the molecule is O=C(CSc1nc(=O)n(CCO)c2c1CCC2)Nc1ccc(OC(F)(F)F)cc1. The fraction of sp³-hybridized carbons (Fsp3) is 0.389. The number of rotatable bonds is 7. The van der Waals surface area contributed by atoms with Crippen molar-refractivity contribution in [2.45, 2.75) is 37.2 Å². The van der Waals surface area contributed by atoms with Gasteiger partial charge < -0.3 is 15.2 Å². The fourth-order valence-corrected chi connectivity index (χ4v) is 3.98. The molecule has 29 heavy (non-hydrogen) atoms. The number of hydrogen-bond acceptors (Lipinski definition) is 6. The molecule has 0 unspecified atom stereocenters. The number of halogens is 3. The molecular weight excluding hydrogens is 411 g/mol. The van der Waals surface area contributed by atoms with Crippen molar-refractivity contribution in [3.05, 3.63) is 46.0 Å². The van der Waals surface area contributed by atoms with E-state index < -0.39 is 12.1 Å². The van der Waals surface area contributed by atoms with Gasteiger partial charge in [-0.3, -0.25) is 9.36 Å². The molecule has 0 spiro atoms. The second kappa shape index (κ2) is 8.87. The topological polar surface area (TPSA) is 93.5 Å². The molecule has 11 heteroatoms. The van der Waals surface area contributed by atoms with Crippen molar-refractivity contribution >= 4 is 23.4 Å². The number of ether oxygens (including phenoxy) is 1. The van der Waals surface area contributed by atoms with Crippen molar-refractivity contribution in [3.8, 4) is 5.75 Å². The summed E-state index contributed by atoms with van der Waals surface area (Å²) in [5.41, 5.74) is 1.64. The number of anilines is 1. The molecule has 0 aliphatic heterocycles. The van der Waals surface area contributed by atoms with Crippen LogP contribution in [0.2, 0.25) is 0 Å². The summed E-state index contributed by atoms with van der Waals surface area (Å²) < 4.78 is 41.7. The van der Waals surface area contributed by atoms with E-state index in [9.17, 15) is 22.8 Å². The average Bonchev–Trinajstić information content (AvgIpc) is 3.13. The predicted octanol–water partition coefficient (Wildman–Crippen LogP) is 2.35. The number of fused-ring (bicyclic) bond motifs is 1. The zero-order valence-electron chi connectivity index (χ0n) is 15.2. The minimum atomic E-state index is -4.78. The number of hydrogen-bond donors (Lipinski definition) is 2. The summed E-state index contributed by atoms with van der Waals surface area (Å²) in [5, 5.41) is 12.2. The van der Waals surface area contributed by atoms with Crippen molar-refractivity contribution in [1.29, 1.82) is 0 Å². The van der Waals surface area contributed by atoms with Crippen LogP contribution < -0.4 is 15.7 Å². The van der Waals surface area contributed by atoms with Crippen LogP contribution in [-0.4, -0.2) is 39.3 Å². The molecule has 156 valence electrons. The minimum Gasteiger partial charge on any atom is -0.406 e. The number of alkyl halides is 3. The molecule has 0 fully saturated rings. The number of benzene rings is 1. The summed E-state index contributed by atoms with van der Waals surface area (Å²) in [6, 6.07) is 4.81. The Hall–Kier alpha value is -2.53. The molecule has 7 nitrogen and oxygen atoms in total. The van der Waals surface area contributed by atoms with Crippen molar-refractivity contribution in [3.63, 3.8) is 0 Å². The van der Waals surface area contributed by atoms with E-state index in [0.717, 1.165) is 54.4 Å². The molecule has 0 saturated carbocycles. The largest absolute Gasteiger partial charge is 0.573 e. The molecule has 1 aliphatic rings. The summed E-state index contributed by atoms with van der Waals surface area (Å²) in [5.74, 6) is -0.774. The Morgan fingerprint density at radius 1 is 1.28 bits per heavy atom. The Morgan fingerprint density at radius 2 is 2.00 bits per heavy atom. The lowest BCUT2D eigenvalue weighted by Gasteiger charge is -2.13. The number of carbonyl (C=O) groups excluding carboxylic acids is 1. The molecule has 1 amide bonds. The van der Waals surface area contributed by atoms with Crippen LogP contribution in [0.3, 0.4) is 0 Å². The Bertz CT molecular complexity index is 945. The zero-order valence-corrected chi connectivity index (χ0v) is 16.0. The highest BCUT2D eigenvalue weighted by Gasteiger charge is 2.31. The first-order valence-corrected chi connectivity index (χ1v) is 9.77. The monoisotopic (exact) mass is 429 g/mol. The molecular formula is C18H18F3N3O4S. The van der Waals surface area contributed by atoms with Crippen LogP contribution in [0.5, 0.6) is 5.75 Å². The zero-order chi connectivity index (χ0) is 21.0. The first-order chi connectivity index (χ1) is 13.8. The first-order valence-electron chi connectivity index (χ1n) is 8.79. The third-order valence-electron chi connectivity index (χ3n) is 4.24. The Labute approximate surface area is 167 Å². The maximum absolute atomic E-state index is 12.2. The molecule has 2 aromatic rings. The van der Waals surface area contributed by atoms with Crippen molar-refractivity contribution in [2.24, 2.45) is 0 Å². The Kier molecular flexibility index (Phi) is 6.48. The lowest BCUT2D eigenvalue weighted by molar-refractivity contribution is -0.274. The van der Waals surface area contributed by atoms with Crippen LogP contribution in [0.1, 0.15) is 17.7 Å². The van der Waals surface area contributed by atoms with E-state index in [0.29, 0.717) is 10.7 Å². The van der Waals surface area contributed by atoms with E-state index in [-0.39, 0.29) is 30.6 Å². The third-order valence-corrected chi connectivity index (χ3v) is 5.25. The van der Waals surface area contributed by atoms with E-state index in [1.807, 2.05) is 0 Å². The molecule has 0 radical (unpaired) electrons. The van der Waals surface area contributed by atoms with E-state index in [1.165, 1.54) is 16.7 Å². The fourth-order valence-electron chi connectivity index (χ4n) is 3.11. The van der Waals surface area contributed by atoms with Crippen LogP contribution in [0, 0.1) is 0 Å². The second-order valence-corrected chi connectivity index (χ2v) is 7.23. The average molecular weight is 429 g/mol. The summed E-state index contributed by atoms with van der Waals surface area (Å²) in [4.78, 5) is 28.4. The van der Waals surface area contributed by atoms with Gasteiger partial charge in [0.05, 0.1) is 18.9 Å². The highest BCUT2D eigenvalue weighted by atomic mass is 32.2. The lowest BCUT2D eigenvalue weighted by atomic mass is 10.2. The standard InChI is InChI=1S/C18H18F3N3O4S/c19-18(20,21)28-12-6-4-11(5-7-12)22-15(26)10-29-16-13-2-1-3-14(13)24(8-9-25)17(27)23-16/h4-7,25H,1-3,8-10H2,(H,22,26). The van der Waals surface area contributed by atoms with Gasteiger partial charge in [0.25, 0.3) is 0 Å². The molecule has 1 aliphatic carbocycles. The normalized spacial score (nSPS) is 13.2. The van der Waals surface area contributed by atoms with Gasteiger partial charge in [0.15, 0.2) is 0 Å². The van der Waals surface area contributed by atoms with Gasteiger partial charge >= 0.3 is 12.1 Å². The molecule has 1 heterocycles. The number of carbonyl (C=O) groups is 1. The number of aromatic nitrogens is 2. The molecule has 1 aromatic carbocycles. The number of aliphatic hydroxyl groups excluding tert-OH is 1. The molecule has 2 N–H and O–H groups in total. The Morgan fingerprint density at radius 3 is 2.66 bits per heavy atom. The lowest BCUT2D eigenvalue weighted by Crippen LogP contribution is -2.28.